The van der Waals surface area contributed by atoms with Crippen LogP contribution >= 0.6 is 0 Å². The molecule has 118 valence electrons. The third kappa shape index (κ3) is 9.74. The minimum absolute atomic E-state index is 0.128. The first-order chi connectivity index (χ1) is 9.15. The van der Waals surface area contributed by atoms with Crippen LogP contribution in [-0.4, -0.2) is 46.8 Å². The Morgan fingerprint density at radius 2 is 1.90 bits per heavy atom. The van der Waals surface area contributed by atoms with Crippen LogP contribution < -0.4 is 10.0 Å². The topological polar surface area (TPSA) is 93.7 Å². The van der Waals surface area contributed by atoms with Gasteiger partial charge in [0, 0.05) is 6.54 Å². The second-order valence-electron chi connectivity index (χ2n) is 5.12. The molecule has 0 spiro atoms. The number of rotatable bonds is 7. The number of amides is 1. The standard InChI is InChI=1S/C12H24N2O5S/c1-6-18-10(15)8-14-20(17)9(2)7-13-11(16)19-12(3,4)5/h9,14H,6-8H2,1-5H3,(H,13,16)/t9-,20?/m1/s1. The van der Waals surface area contributed by atoms with E-state index in [0.717, 1.165) is 0 Å². The van der Waals surface area contributed by atoms with Crippen LogP contribution in [0.2, 0.25) is 0 Å². The number of ether oxygens (including phenoxy) is 2. The summed E-state index contributed by atoms with van der Waals surface area (Å²) in [6.07, 6.45) is -0.563. The quantitative estimate of drug-likeness (QED) is 0.676. The van der Waals surface area contributed by atoms with Crippen molar-refractivity contribution in [1.29, 1.82) is 0 Å². The van der Waals surface area contributed by atoms with E-state index in [1.54, 1.807) is 34.6 Å². The highest BCUT2D eigenvalue weighted by molar-refractivity contribution is 7.83. The second kappa shape index (κ2) is 8.91. The molecule has 1 amide bonds. The Labute approximate surface area is 122 Å². The van der Waals surface area contributed by atoms with Crippen LogP contribution in [0.15, 0.2) is 0 Å². The van der Waals surface area contributed by atoms with Gasteiger partial charge in [0.15, 0.2) is 0 Å². The molecule has 0 saturated carbocycles. The van der Waals surface area contributed by atoms with Gasteiger partial charge in [-0.3, -0.25) is 4.79 Å². The van der Waals surface area contributed by atoms with E-state index in [2.05, 4.69) is 10.0 Å². The minimum Gasteiger partial charge on any atom is -0.465 e. The van der Waals surface area contributed by atoms with Crippen molar-refractivity contribution < 1.29 is 23.3 Å². The van der Waals surface area contributed by atoms with Crippen LogP contribution in [0.4, 0.5) is 4.79 Å². The van der Waals surface area contributed by atoms with Crippen molar-refractivity contribution >= 4 is 23.0 Å². The molecule has 0 bridgehead atoms. The van der Waals surface area contributed by atoms with E-state index in [-0.39, 0.29) is 24.9 Å². The third-order valence-corrected chi connectivity index (χ3v) is 3.29. The lowest BCUT2D eigenvalue weighted by Crippen LogP contribution is -2.40. The number of carbonyl (C=O) groups is 2. The third-order valence-electron chi connectivity index (χ3n) is 1.96. The summed E-state index contributed by atoms with van der Waals surface area (Å²) in [5.74, 6) is -0.465. The maximum Gasteiger partial charge on any atom is 0.407 e. The van der Waals surface area contributed by atoms with Crippen LogP contribution in [0.1, 0.15) is 34.6 Å². The molecule has 0 fully saturated rings. The number of esters is 1. The van der Waals surface area contributed by atoms with Crippen LogP contribution in [-0.2, 0) is 25.3 Å². The normalized spacial score (nSPS) is 14.2. The van der Waals surface area contributed by atoms with E-state index in [1.165, 1.54) is 0 Å². The fourth-order valence-corrected chi connectivity index (χ4v) is 1.88. The molecular weight excluding hydrogens is 284 g/mol. The van der Waals surface area contributed by atoms with E-state index >= 15 is 0 Å². The number of alkyl carbamates (subject to hydrolysis) is 1. The van der Waals surface area contributed by atoms with Crippen molar-refractivity contribution in [2.24, 2.45) is 0 Å². The summed E-state index contributed by atoms with van der Waals surface area (Å²) in [5, 5.41) is 2.16. The molecule has 1 unspecified atom stereocenters. The van der Waals surface area contributed by atoms with Gasteiger partial charge in [-0.25, -0.2) is 13.7 Å². The van der Waals surface area contributed by atoms with Gasteiger partial charge >= 0.3 is 12.1 Å². The first-order valence-corrected chi connectivity index (χ1v) is 7.63. The van der Waals surface area contributed by atoms with Gasteiger partial charge in [0.05, 0.1) is 22.8 Å². The highest BCUT2D eigenvalue weighted by atomic mass is 32.2. The van der Waals surface area contributed by atoms with Crippen LogP contribution in [0.5, 0.6) is 0 Å². The smallest absolute Gasteiger partial charge is 0.407 e. The van der Waals surface area contributed by atoms with Crippen LogP contribution in [0.25, 0.3) is 0 Å². The molecule has 8 heteroatoms. The van der Waals surface area contributed by atoms with E-state index in [1.807, 2.05) is 0 Å². The van der Waals surface area contributed by atoms with Gasteiger partial charge in [-0.05, 0) is 34.6 Å². The summed E-state index contributed by atoms with van der Waals surface area (Å²) in [6, 6.07) is 0. The number of carbonyl (C=O) groups excluding carboxylic acids is 2. The molecule has 2 N–H and O–H groups in total. The predicted octanol–water partition coefficient (Wildman–Crippen LogP) is 0.716. The Kier molecular flexibility index (Phi) is 8.40. The number of nitrogens with one attached hydrogen (secondary N) is 2. The van der Waals surface area contributed by atoms with Crippen LogP contribution in [0, 0.1) is 0 Å². The molecule has 0 radical (unpaired) electrons. The van der Waals surface area contributed by atoms with Gasteiger partial charge < -0.3 is 14.8 Å². The molecule has 7 nitrogen and oxygen atoms in total. The molecule has 0 saturated heterocycles. The Morgan fingerprint density at radius 3 is 2.40 bits per heavy atom. The summed E-state index contributed by atoms with van der Waals surface area (Å²) in [4.78, 5) is 22.5. The monoisotopic (exact) mass is 308 g/mol. The van der Waals surface area contributed by atoms with E-state index < -0.39 is 28.6 Å². The van der Waals surface area contributed by atoms with Crippen molar-refractivity contribution in [1.82, 2.24) is 10.0 Å². The number of hydrogen-bond donors (Lipinski definition) is 2. The molecule has 0 heterocycles. The van der Waals surface area contributed by atoms with Gasteiger partial charge in [0.1, 0.15) is 12.1 Å². The van der Waals surface area contributed by atoms with Gasteiger partial charge in [-0.2, -0.15) is 0 Å². The highest BCUT2D eigenvalue weighted by Crippen LogP contribution is 2.06. The fraction of sp³-hybridized carbons (Fsp3) is 0.833. The average Bonchev–Trinajstić information content (AvgIpc) is 2.31. The summed E-state index contributed by atoms with van der Waals surface area (Å²) in [5.41, 5.74) is -0.575. The maximum absolute atomic E-state index is 11.7. The summed E-state index contributed by atoms with van der Waals surface area (Å²) < 4.78 is 24.0. The van der Waals surface area contributed by atoms with Crippen molar-refractivity contribution in [3.63, 3.8) is 0 Å². The molecule has 0 aliphatic carbocycles. The Balaban J connectivity index is 3.97. The van der Waals surface area contributed by atoms with Crippen LogP contribution in [0.3, 0.4) is 0 Å². The molecule has 2 atom stereocenters. The van der Waals surface area contributed by atoms with Crippen molar-refractivity contribution in [3.8, 4) is 0 Å². The lowest BCUT2D eigenvalue weighted by atomic mass is 10.2. The van der Waals surface area contributed by atoms with Gasteiger partial charge in [-0.1, -0.05) is 0 Å². The highest BCUT2D eigenvalue weighted by Gasteiger charge is 2.18. The zero-order valence-corrected chi connectivity index (χ0v) is 13.5. The molecule has 20 heavy (non-hydrogen) atoms. The molecular formula is C12H24N2O5S. The van der Waals surface area contributed by atoms with Crippen molar-refractivity contribution in [2.75, 3.05) is 19.7 Å². The molecule has 0 aromatic rings. The van der Waals surface area contributed by atoms with Gasteiger partial charge in [-0.15, -0.1) is 0 Å². The Hall–Kier alpha value is -1.15. The summed E-state index contributed by atoms with van der Waals surface area (Å²) in [6.45, 7) is 8.99. The first-order valence-electron chi connectivity index (χ1n) is 6.42. The lowest BCUT2D eigenvalue weighted by Gasteiger charge is -2.20. The molecule has 0 aromatic carbocycles. The van der Waals surface area contributed by atoms with Crippen molar-refractivity contribution in [3.05, 3.63) is 0 Å². The maximum atomic E-state index is 11.7. The number of hydrogen-bond acceptors (Lipinski definition) is 5. The lowest BCUT2D eigenvalue weighted by molar-refractivity contribution is -0.141. The SMILES string of the molecule is CCOC(=O)CNS(=O)[C@H](C)CNC(=O)OC(C)(C)C. The first kappa shape index (κ1) is 18.9. The zero-order chi connectivity index (χ0) is 15.8. The molecule has 0 aromatic heterocycles. The minimum atomic E-state index is -1.45. The molecule has 0 aliphatic rings. The van der Waals surface area contributed by atoms with E-state index in [4.69, 9.17) is 9.47 Å². The Bertz CT molecular complexity index is 354. The average molecular weight is 308 g/mol. The summed E-state index contributed by atoms with van der Waals surface area (Å²) >= 11 is 0. The molecule has 0 aliphatic heterocycles. The van der Waals surface area contributed by atoms with E-state index in [9.17, 15) is 13.8 Å². The van der Waals surface area contributed by atoms with Crippen molar-refractivity contribution in [2.45, 2.75) is 45.5 Å². The van der Waals surface area contributed by atoms with Gasteiger partial charge in [0.2, 0.25) is 0 Å². The molecule has 0 rings (SSSR count). The van der Waals surface area contributed by atoms with E-state index in [0.29, 0.717) is 0 Å². The Morgan fingerprint density at radius 1 is 1.30 bits per heavy atom. The predicted molar refractivity (Wildman–Crippen MR) is 76.5 cm³/mol. The second-order valence-corrected chi connectivity index (χ2v) is 6.81. The zero-order valence-electron chi connectivity index (χ0n) is 12.6. The largest absolute Gasteiger partial charge is 0.465 e. The summed E-state index contributed by atoms with van der Waals surface area (Å²) in [7, 11) is -1.45. The van der Waals surface area contributed by atoms with Gasteiger partial charge in [0.25, 0.3) is 0 Å². The fourth-order valence-electron chi connectivity index (χ4n) is 1.10.